The molecule has 0 saturated heterocycles. The van der Waals surface area contributed by atoms with E-state index < -0.39 is 0 Å². The number of fused-ring (bicyclic) bond motifs is 1. The van der Waals surface area contributed by atoms with Crippen LogP contribution in [0.25, 0.3) is 10.9 Å². The van der Waals surface area contributed by atoms with Crippen LogP contribution in [0.2, 0.25) is 0 Å². The summed E-state index contributed by atoms with van der Waals surface area (Å²) in [7, 11) is 0. The summed E-state index contributed by atoms with van der Waals surface area (Å²) >= 11 is 0. The average molecular weight is 265 g/mol. The number of para-hydroxylation sites is 1. The summed E-state index contributed by atoms with van der Waals surface area (Å²) in [5, 5.41) is 5.83. The van der Waals surface area contributed by atoms with Crippen LogP contribution in [0.3, 0.4) is 0 Å². The van der Waals surface area contributed by atoms with Crippen molar-refractivity contribution in [3.63, 3.8) is 0 Å². The molecule has 2 aromatic heterocycles. The van der Waals surface area contributed by atoms with Crippen LogP contribution in [0.4, 0.5) is 0 Å². The van der Waals surface area contributed by atoms with Crippen molar-refractivity contribution in [2.24, 2.45) is 0 Å². The fourth-order valence-corrected chi connectivity index (χ4v) is 2.44. The van der Waals surface area contributed by atoms with E-state index in [1.807, 2.05) is 17.8 Å². The van der Waals surface area contributed by atoms with E-state index in [9.17, 15) is 0 Å². The first-order chi connectivity index (χ1) is 9.65. The second-order valence-corrected chi connectivity index (χ2v) is 5.50. The van der Waals surface area contributed by atoms with E-state index in [1.165, 1.54) is 16.5 Å². The number of pyridine rings is 1. The highest BCUT2D eigenvalue weighted by atomic mass is 15.3. The van der Waals surface area contributed by atoms with Crippen LogP contribution in [0.5, 0.6) is 0 Å². The van der Waals surface area contributed by atoms with Gasteiger partial charge in [-0.15, -0.1) is 0 Å². The van der Waals surface area contributed by atoms with Crippen LogP contribution >= 0.6 is 0 Å². The van der Waals surface area contributed by atoms with Crippen molar-refractivity contribution >= 4 is 10.9 Å². The van der Waals surface area contributed by atoms with Gasteiger partial charge < -0.3 is 0 Å². The summed E-state index contributed by atoms with van der Waals surface area (Å²) < 4.78 is 2.03. The molecule has 20 heavy (non-hydrogen) atoms. The van der Waals surface area contributed by atoms with Crippen LogP contribution in [-0.4, -0.2) is 14.8 Å². The minimum atomic E-state index is 0.518. The van der Waals surface area contributed by atoms with Crippen LogP contribution < -0.4 is 0 Å². The molecular formula is C17H19N3. The Morgan fingerprint density at radius 1 is 1.10 bits per heavy atom. The molecular weight excluding hydrogens is 246 g/mol. The minimum absolute atomic E-state index is 0.518. The standard InChI is InChI=1S/C17H19N3/c1-12(2)14-8-9-15(18-10-14)11-20-17-7-5-4-6-16(17)13(3)19-20/h4-10,12H,11H2,1-3H3. The Morgan fingerprint density at radius 2 is 1.90 bits per heavy atom. The van der Waals surface area contributed by atoms with Crippen molar-refractivity contribution in [1.82, 2.24) is 14.8 Å². The predicted molar refractivity (Wildman–Crippen MR) is 81.9 cm³/mol. The lowest BCUT2D eigenvalue weighted by atomic mass is 10.1. The summed E-state index contributed by atoms with van der Waals surface area (Å²) in [5.41, 5.74) is 4.55. The zero-order valence-corrected chi connectivity index (χ0v) is 12.2. The van der Waals surface area contributed by atoms with Gasteiger partial charge in [0.15, 0.2) is 0 Å². The molecule has 0 aliphatic rings. The first kappa shape index (κ1) is 12.9. The van der Waals surface area contributed by atoms with Crippen molar-refractivity contribution in [2.45, 2.75) is 33.2 Å². The number of hydrogen-bond acceptors (Lipinski definition) is 2. The van der Waals surface area contributed by atoms with Crippen LogP contribution in [0.1, 0.15) is 36.7 Å². The minimum Gasteiger partial charge on any atom is -0.259 e. The van der Waals surface area contributed by atoms with E-state index >= 15 is 0 Å². The maximum Gasteiger partial charge on any atom is 0.0838 e. The fraction of sp³-hybridized carbons (Fsp3) is 0.294. The predicted octanol–water partition coefficient (Wildman–Crippen LogP) is 3.91. The number of rotatable bonds is 3. The zero-order chi connectivity index (χ0) is 14.1. The Kier molecular flexibility index (Phi) is 3.26. The highest BCUT2D eigenvalue weighted by Gasteiger charge is 2.07. The smallest absolute Gasteiger partial charge is 0.0838 e. The third-order valence-electron chi connectivity index (χ3n) is 3.67. The van der Waals surface area contributed by atoms with Gasteiger partial charge in [0.1, 0.15) is 0 Å². The first-order valence-electron chi connectivity index (χ1n) is 7.02. The Bertz CT molecular complexity index is 724. The molecule has 3 heteroatoms. The van der Waals surface area contributed by atoms with Gasteiger partial charge in [0.2, 0.25) is 0 Å². The number of benzene rings is 1. The molecule has 3 rings (SSSR count). The van der Waals surface area contributed by atoms with E-state index in [1.54, 1.807) is 0 Å². The maximum atomic E-state index is 4.62. The molecule has 0 aliphatic carbocycles. The summed E-state index contributed by atoms with van der Waals surface area (Å²) in [6.45, 7) is 7.13. The van der Waals surface area contributed by atoms with E-state index in [2.05, 4.69) is 60.3 Å². The van der Waals surface area contributed by atoms with Crippen LogP contribution in [0, 0.1) is 6.92 Å². The lowest BCUT2D eigenvalue weighted by molar-refractivity contribution is 0.686. The van der Waals surface area contributed by atoms with Gasteiger partial charge in [-0.05, 0) is 30.5 Å². The van der Waals surface area contributed by atoms with E-state index in [-0.39, 0.29) is 0 Å². The van der Waals surface area contributed by atoms with Crippen LogP contribution in [0.15, 0.2) is 42.6 Å². The molecule has 0 atom stereocenters. The van der Waals surface area contributed by atoms with Gasteiger partial charge in [0.25, 0.3) is 0 Å². The van der Waals surface area contributed by atoms with Crippen LogP contribution in [-0.2, 0) is 6.54 Å². The lowest BCUT2D eigenvalue weighted by Gasteiger charge is -2.07. The van der Waals surface area contributed by atoms with Gasteiger partial charge in [-0.1, -0.05) is 38.1 Å². The Balaban J connectivity index is 1.93. The molecule has 102 valence electrons. The molecule has 0 unspecified atom stereocenters. The third kappa shape index (κ3) is 2.31. The number of aryl methyl sites for hydroxylation is 1. The SMILES string of the molecule is Cc1nn(Cc2ccc(C(C)C)cn2)c2ccccc12. The topological polar surface area (TPSA) is 30.7 Å². The summed E-state index contributed by atoms with van der Waals surface area (Å²) in [6, 6.07) is 12.6. The van der Waals surface area contributed by atoms with Crippen molar-refractivity contribution in [2.75, 3.05) is 0 Å². The normalized spacial score (nSPS) is 11.4. The van der Waals surface area contributed by atoms with Gasteiger partial charge in [-0.25, -0.2) is 0 Å². The lowest BCUT2D eigenvalue weighted by Crippen LogP contribution is -2.04. The van der Waals surface area contributed by atoms with E-state index in [4.69, 9.17) is 0 Å². The molecule has 2 heterocycles. The molecule has 0 spiro atoms. The number of hydrogen-bond donors (Lipinski definition) is 0. The zero-order valence-electron chi connectivity index (χ0n) is 12.2. The highest BCUT2D eigenvalue weighted by Crippen LogP contribution is 2.19. The molecule has 0 amide bonds. The summed E-state index contributed by atoms with van der Waals surface area (Å²) in [5.74, 6) is 0.518. The molecule has 0 saturated carbocycles. The van der Waals surface area contributed by atoms with E-state index in [0.717, 1.165) is 11.4 Å². The Hall–Kier alpha value is -2.16. The average Bonchev–Trinajstić information content (AvgIpc) is 2.77. The van der Waals surface area contributed by atoms with Crippen molar-refractivity contribution < 1.29 is 0 Å². The summed E-state index contributed by atoms with van der Waals surface area (Å²) in [4.78, 5) is 4.55. The second kappa shape index (κ2) is 5.08. The van der Waals surface area contributed by atoms with Crippen molar-refractivity contribution in [3.8, 4) is 0 Å². The molecule has 0 bridgehead atoms. The third-order valence-corrected chi connectivity index (χ3v) is 3.67. The van der Waals surface area contributed by atoms with Crippen molar-refractivity contribution in [3.05, 3.63) is 59.5 Å². The number of aromatic nitrogens is 3. The maximum absolute atomic E-state index is 4.62. The molecule has 3 nitrogen and oxygen atoms in total. The van der Waals surface area contributed by atoms with Gasteiger partial charge in [-0.2, -0.15) is 5.10 Å². The molecule has 3 aromatic rings. The largest absolute Gasteiger partial charge is 0.259 e. The monoisotopic (exact) mass is 265 g/mol. The van der Waals surface area contributed by atoms with Gasteiger partial charge in [0.05, 0.1) is 23.4 Å². The highest BCUT2D eigenvalue weighted by molar-refractivity contribution is 5.81. The van der Waals surface area contributed by atoms with E-state index in [0.29, 0.717) is 12.5 Å². The fourth-order valence-electron chi connectivity index (χ4n) is 2.44. The second-order valence-electron chi connectivity index (χ2n) is 5.50. The molecule has 0 aliphatic heterocycles. The Labute approximate surface area is 119 Å². The van der Waals surface area contributed by atoms with Gasteiger partial charge in [0, 0.05) is 11.6 Å². The summed E-state index contributed by atoms with van der Waals surface area (Å²) in [6.07, 6.45) is 1.97. The molecule has 1 aromatic carbocycles. The molecule has 0 N–H and O–H groups in total. The first-order valence-corrected chi connectivity index (χ1v) is 7.02. The van der Waals surface area contributed by atoms with Crippen molar-refractivity contribution in [1.29, 1.82) is 0 Å². The Morgan fingerprint density at radius 3 is 2.60 bits per heavy atom. The quantitative estimate of drug-likeness (QED) is 0.718. The van der Waals surface area contributed by atoms with Gasteiger partial charge in [-0.3, -0.25) is 9.67 Å². The molecule has 0 fully saturated rings. The molecule has 0 radical (unpaired) electrons. The van der Waals surface area contributed by atoms with Gasteiger partial charge >= 0.3 is 0 Å². The number of nitrogens with zero attached hydrogens (tertiary/aromatic N) is 3.